The summed E-state index contributed by atoms with van der Waals surface area (Å²) in [5.74, 6) is -0.805. The molecule has 1 heterocycles. The summed E-state index contributed by atoms with van der Waals surface area (Å²) in [6.45, 7) is 0.469. The minimum atomic E-state index is -0.913. The number of nitrogens with two attached hydrogens (primary N) is 1. The van der Waals surface area contributed by atoms with Gasteiger partial charge in [0.1, 0.15) is 5.70 Å². The Kier molecular flexibility index (Phi) is 2.13. The van der Waals surface area contributed by atoms with Crippen molar-refractivity contribution in [2.24, 2.45) is 11.7 Å². The van der Waals surface area contributed by atoms with Gasteiger partial charge in [-0.25, -0.2) is 4.79 Å². The van der Waals surface area contributed by atoms with Crippen LogP contribution < -0.4 is 11.1 Å². The summed E-state index contributed by atoms with van der Waals surface area (Å²) in [7, 11) is 0. The summed E-state index contributed by atoms with van der Waals surface area (Å²) in [5, 5.41) is 11.7. The fourth-order valence-electron chi connectivity index (χ4n) is 1.85. The van der Waals surface area contributed by atoms with Gasteiger partial charge in [-0.2, -0.15) is 0 Å². The zero-order valence-corrected chi connectivity index (χ0v) is 7.60. The van der Waals surface area contributed by atoms with Crippen LogP contribution in [0, 0.1) is 5.92 Å². The molecule has 2 rings (SSSR count). The first kappa shape index (κ1) is 9.02. The summed E-state index contributed by atoms with van der Waals surface area (Å²) < 4.78 is 0. The van der Waals surface area contributed by atoms with Crippen molar-refractivity contribution in [1.29, 1.82) is 0 Å². The first-order chi connectivity index (χ1) is 6.72. The zero-order valence-electron chi connectivity index (χ0n) is 7.60. The van der Waals surface area contributed by atoms with Crippen LogP contribution in [0.1, 0.15) is 0 Å². The smallest absolute Gasteiger partial charge is 0.351 e. The molecule has 74 valence electrons. The van der Waals surface area contributed by atoms with Crippen LogP contribution in [0.5, 0.6) is 0 Å². The number of fused-ring (bicyclic) bond motifs is 1. The standard InChI is InChI=1S/C10H12N2O2/c11-5-6-2-1-3-8-7(6)4-9(12-8)10(13)14/h1-4,7-8,12H,5,11H2,(H,13,14). The number of nitrogens with one attached hydrogen (secondary N) is 1. The SMILES string of the molecule is NCC1=CC=CC2NC(C(=O)O)=CC12. The molecular weight excluding hydrogens is 180 g/mol. The molecule has 0 spiro atoms. The van der Waals surface area contributed by atoms with Gasteiger partial charge < -0.3 is 16.2 Å². The van der Waals surface area contributed by atoms with E-state index in [-0.39, 0.29) is 17.7 Å². The van der Waals surface area contributed by atoms with Gasteiger partial charge in [-0.3, -0.25) is 0 Å². The highest BCUT2D eigenvalue weighted by molar-refractivity contribution is 5.87. The van der Waals surface area contributed by atoms with Gasteiger partial charge in [0.25, 0.3) is 0 Å². The molecule has 0 saturated heterocycles. The topological polar surface area (TPSA) is 75.3 Å². The van der Waals surface area contributed by atoms with Crippen LogP contribution >= 0.6 is 0 Å². The summed E-state index contributed by atoms with van der Waals surface area (Å²) in [5.41, 5.74) is 6.91. The Labute approximate surface area is 81.8 Å². The molecule has 2 unspecified atom stereocenters. The maximum atomic E-state index is 10.7. The van der Waals surface area contributed by atoms with Crippen molar-refractivity contribution in [3.8, 4) is 0 Å². The molecule has 0 amide bonds. The van der Waals surface area contributed by atoms with E-state index in [1.807, 2.05) is 18.2 Å². The predicted molar refractivity (Wildman–Crippen MR) is 52.4 cm³/mol. The van der Waals surface area contributed by atoms with E-state index < -0.39 is 5.97 Å². The van der Waals surface area contributed by atoms with Gasteiger partial charge in [0.2, 0.25) is 0 Å². The highest BCUT2D eigenvalue weighted by Gasteiger charge is 2.31. The van der Waals surface area contributed by atoms with Gasteiger partial charge in [-0.15, -0.1) is 0 Å². The summed E-state index contributed by atoms with van der Waals surface area (Å²) >= 11 is 0. The van der Waals surface area contributed by atoms with Crippen molar-refractivity contribution in [3.05, 3.63) is 35.6 Å². The molecule has 0 aromatic carbocycles. The molecule has 4 heteroatoms. The van der Waals surface area contributed by atoms with Gasteiger partial charge in [-0.1, -0.05) is 18.2 Å². The van der Waals surface area contributed by atoms with E-state index in [1.54, 1.807) is 6.08 Å². The lowest BCUT2D eigenvalue weighted by Gasteiger charge is -2.21. The Balaban J connectivity index is 2.26. The summed E-state index contributed by atoms with van der Waals surface area (Å²) in [6.07, 6.45) is 7.55. The molecule has 4 N–H and O–H groups in total. The quantitative estimate of drug-likeness (QED) is 0.575. The van der Waals surface area contributed by atoms with E-state index in [2.05, 4.69) is 5.32 Å². The van der Waals surface area contributed by atoms with Crippen molar-refractivity contribution < 1.29 is 9.90 Å². The van der Waals surface area contributed by atoms with E-state index in [0.717, 1.165) is 5.57 Å². The Hall–Kier alpha value is -1.55. The highest BCUT2D eigenvalue weighted by atomic mass is 16.4. The van der Waals surface area contributed by atoms with Crippen molar-refractivity contribution in [1.82, 2.24) is 5.32 Å². The van der Waals surface area contributed by atoms with Gasteiger partial charge >= 0.3 is 5.97 Å². The largest absolute Gasteiger partial charge is 0.477 e. The van der Waals surface area contributed by atoms with Crippen LogP contribution in [0.25, 0.3) is 0 Å². The normalized spacial score (nSPS) is 28.9. The molecule has 0 fully saturated rings. The number of carboxylic acids is 1. The number of carboxylic acid groups (broad SMARTS) is 1. The number of aliphatic carboxylic acids is 1. The second-order valence-corrected chi connectivity index (χ2v) is 3.41. The average molecular weight is 192 g/mol. The minimum absolute atomic E-state index is 0.0599. The van der Waals surface area contributed by atoms with Crippen LogP contribution in [0.15, 0.2) is 35.6 Å². The maximum Gasteiger partial charge on any atom is 0.351 e. The van der Waals surface area contributed by atoms with E-state index in [1.165, 1.54) is 0 Å². The second-order valence-electron chi connectivity index (χ2n) is 3.41. The minimum Gasteiger partial charge on any atom is -0.477 e. The summed E-state index contributed by atoms with van der Waals surface area (Å²) in [4.78, 5) is 10.7. The Morgan fingerprint density at radius 2 is 2.43 bits per heavy atom. The van der Waals surface area contributed by atoms with Crippen LogP contribution in [-0.2, 0) is 4.79 Å². The molecule has 0 aromatic rings. The van der Waals surface area contributed by atoms with E-state index >= 15 is 0 Å². The molecule has 0 radical (unpaired) electrons. The number of allylic oxidation sites excluding steroid dienone is 2. The maximum absolute atomic E-state index is 10.7. The van der Waals surface area contributed by atoms with Crippen LogP contribution in [-0.4, -0.2) is 23.7 Å². The van der Waals surface area contributed by atoms with Crippen molar-refractivity contribution in [3.63, 3.8) is 0 Å². The third kappa shape index (κ3) is 1.33. The average Bonchev–Trinajstić information content (AvgIpc) is 2.60. The van der Waals surface area contributed by atoms with Crippen molar-refractivity contribution >= 4 is 5.97 Å². The molecule has 0 saturated carbocycles. The van der Waals surface area contributed by atoms with E-state index in [9.17, 15) is 4.79 Å². The van der Waals surface area contributed by atoms with Crippen LogP contribution in [0.3, 0.4) is 0 Å². The predicted octanol–water partition coefficient (Wildman–Crippen LogP) is -0.00220. The molecule has 0 aromatic heterocycles. The molecule has 1 aliphatic heterocycles. The second kappa shape index (κ2) is 3.31. The first-order valence-electron chi connectivity index (χ1n) is 4.51. The fraction of sp³-hybridized carbons (Fsp3) is 0.300. The van der Waals surface area contributed by atoms with Gasteiger partial charge in [0.15, 0.2) is 0 Å². The molecule has 2 aliphatic rings. The Bertz CT molecular complexity index is 355. The molecule has 2 atom stereocenters. The number of carbonyl (C=O) groups is 1. The van der Waals surface area contributed by atoms with Crippen molar-refractivity contribution in [2.45, 2.75) is 6.04 Å². The molecule has 0 bridgehead atoms. The lowest BCUT2D eigenvalue weighted by atomic mass is 9.89. The van der Waals surface area contributed by atoms with E-state index in [4.69, 9.17) is 10.8 Å². The number of hydrogen-bond acceptors (Lipinski definition) is 3. The molecule has 14 heavy (non-hydrogen) atoms. The summed E-state index contributed by atoms with van der Waals surface area (Å²) in [6, 6.07) is 0.0599. The number of rotatable bonds is 2. The van der Waals surface area contributed by atoms with Crippen molar-refractivity contribution in [2.75, 3.05) is 6.54 Å². The lowest BCUT2D eigenvalue weighted by molar-refractivity contribution is -0.133. The monoisotopic (exact) mass is 192 g/mol. The third-order valence-electron chi connectivity index (χ3n) is 2.58. The van der Waals surface area contributed by atoms with Gasteiger partial charge in [0, 0.05) is 12.5 Å². The molecule has 4 nitrogen and oxygen atoms in total. The Morgan fingerprint density at radius 3 is 3.07 bits per heavy atom. The molecular formula is C10H12N2O2. The van der Waals surface area contributed by atoms with E-state index in [0.29, 0.717) is 6.54 Å². The zero-order chi connectivity index (χ0) is 10.1. The highest BCUT2D eigenvalue weighted by Crippen LogP contribution is 2.27. The fourth-order valence-corrected chi connectivity index (χ4v) is 1.85. The third-order valence-corrected chi connectivity index (χ3v) is 2.58. The van der Waals surface area contributed by atoms with Crippen LogP contribution in [0.4, 0.5) is 0 Å². The van der Waals surface area contributed by atoms with Crippen LogP contribution in [0.2, 0.25) is 0 Å². The lowest BCUT2D eigenvalue weighted by Crippen LogP contribution is -2.31. The molecule has 1 aliphatic carbocycles. The van der Waals surface area contributed by atoms with Gasteiger partial charge in [0.05, 0.1) is 6.04 Å². The van der Waals surface area contributed by atoms with Gasteiger partial charge in [-0.05, 0) is 11.6 Å². The first-order valence-corrected chi connectivity index (χ1v) is 4.51. The Morgan fingerprint density at radius 1 is 1.64 bits per heavy atom. The number of hydrogen-bond donors (Lipinski definition) is 3.